The number of likely N-dealkylation sites (N-methyl/N-ethyl adjacent to an activating group) is 1. The van der Waals surface area contributed by atoms with Crippen LogP contribution in [0.2, 0.25) is 4.34 Å². The van der Waals surface area contributed by atoms with Gasteiger partial charge in [-0.3, -0.25) is 9.52 Å². The number of esters is 1. The topological polar surface area (TPSA) is 102 Å². The Balaban J connectivity index is 2.22. The Morgan fingerprint density at radius 3 is 2.54 bits per heavy atom. The van der Waals surface area contributed by atoms with Gasteiger partial charge in [0.1, 0.15) is 4.21 Å². The lowest BCUT2D eigenvalue weighted by molar-refractivity contribution is -0.128. The molecule has 0 aliphatic rings. The molecule has 0 radical (unpaired) electrons. The molecule has 2 aromatic rings. The van der Waals surface area contributed by atoms with Crippen molar-refractivity contribution in [1.82, 2.24) is 5.32 Å². The van der Waals surface area contributed by atoms with E-state index < -0.39 is 28.0 Å². The number of sulfonamides is 1. The van der Waals surface area contributed by atoms with Crippen molar-refractivity contribution in [2.75, 3.05) is 11.3 Å². The van der Waals surface area contributed by atoms with Crippen LogP contribution in [0.25, 0.3) is 0 Å². The molecule has 1 heterocycles. The normalized spacial score (nSPS) is 12.3. The number of benzene rings is 1. The highest BCUT2D eigenvalue weighted by Gasteiger charge is 2.23. The third-order valence-electron chi connectivity index (χ3n) is 3.21. The van der Waals surface area contributed by atoms with Gasteiger partial charge in [-0.2, -0.15) is 0 Å². The number of ether oxygens (including phenoxy) is 1. The molecule has 0 unspecified atom stereocenters. The summed E-state index contributed by atoms with van der Waals surface area (Å²) >= 11 is 6.67. The molecule has 10 heteroatoms. The van der Waals surface area contributed by atoms with E-state index in [1.54, 1.807) is 19.1 Å². The molecule has 26 heavy (non-hydrogen) atoms. The molecule has 1 aromatic carbocycles. The number of thiophene rings is 1. The Bertz CT molecular complexity index is 911. The van der Waals surface area contributed by atoms with Crippen LogP contribution in [0.4, 0.5) is 5.69 Å². The molecule has 2 N–H and O–H groups in total. The van der Waals surface area contributed by atoms with Crippen LogP contribution in [-0.2, 0) is 19.6 Å². The third kappa shape index (κ3) is 4.96. The van der Waals surface area contributed by atoms with E-state index in [4.69, 9.17) is 16.3 Å². The predicted molar refractivity (Wildman–Crippen MR) is 100 cm³/mol. The van der Waals surface area contributed by atoms with Gasteiger partial charge >= 0.3 is 5.97 Å². The number of carbonyl (C=O) groups excluding carboxylic acids is 2. The first-order valence-corrected chi connectivity index (χ1v) is 10.3. The van der Waals surface area contributed by atoms with Gasteiger partial charge in [0.15, 0.2) is 6.10 Å². The van der Waals surface area contributed by atoms with Crippen molar-refractivity contribution in [3.8, 4) is 0 Å². The highest BCUT2D eigenvalue weighted by Crippen LogP contribution is 2.28. The lowest BCUT2D eigenvalue weighted by Gasteiger charge is -2.15. The van der Waals surface area contributed by atoms with Gasteiger partial charge in [-0.05, 0) is 38.1 Å². The van der Waals surface area contributed by atoms with Gasteiger partial charge in [-0.15, -0.1) is 11.3 Å². The molecular weight excluding hydrogens is 400 g/mol. The number of halogens is 1. The Morgan fingerprint density at radius 2 is 1.92 bits per heavy atom. The maximum atomic E-state index is 12.4. The van der Waals surface area contributed by atoms with Crippen molar-refractivity contribution in [2.45, 2.75) is 24.2 Å². The van der Waals surface area contributed by atoms with Crippen LogP contribution in [0, 0.1) is 0 Å². The first-order valence-electron chi connectivity index (χ1n) is 7.60. The fraction of sp³-hybridized carbons (Fsp3) is 0.250. The van der Waals surface area contributed by atoms with E-state index in [2.05, 4.69) is 10.0 Å². The summed E-state index contributed by atoms with van der Waals surface area (Å²) in [5, 5.41) is 2.54. The molecule has 0 aliphatic carbocycles. The largest absolute Gasteiger partial charge is 0.449 e. The summed E-state index contributed by atoms with van der Waals surface area (Å²) in [6.45, 7) is 3.58. The van der Waals surface area contributed by atoms with E-state index in [9.17, 15) is 18.0 Å². The number of hydrogen-bond donors (Lipinski definition) is 2. The van der Waals surface area contributed by atoms with Gasteiger partial charge in [0.25, 0.3) is 15.9 Å². The van der Waals surface area contributed by atoms with Crippen molar-refractivity contribution in [2.24, 2.45) is 0 Å². The molecule has 2 rings (SSSR count). The van der Waals surface area contributed by atoms with Crippen LogP contribution in [0.15, 0.2) is 40.6 Å². The second kappa shape index (κ2) is 8.52. The van der Waals surface area contributed by atoms with E-state index in [1.807, 2.05) is 0 Å². The van der Waals surface area contributed by atoms with Gasteiger partial charge in [0.05, 0.1) is 15.6 Å². The van der Waals surface area contributed by atoms with E-state index in [0.29, 0.717) is 10.9 Å². The minimum absolute atomic E-state index is 0.00474. The SMILES string of the molecule is CCNC(=O)[C@@H](C)OC(=O)c1ccccc1NS(=O)(=O)c1ccc(Cl)s1. The number of anilines is 1. The van der Waals surface area contributed by atoms with Crippen molar-refractivity contribution in [3.05, 3.63) is 46.3 Å². The van der Waals surface area contributed by atoms with Crippen LogP contribution in [-0.4, -0.2) is 32.9 Å². The molecule has 7 nitrogen and oxygen atoms in total. The van der Waals surface area contributed by atoms with E-state index in [1.165, 1.54) is 31.2 Å². The van der Waals surface area contributed by atoms with Gasteiger partial charge in [-0.25, -0.2) is 13.2 Å². The molecule has 0 spiro atoms. The van der Waals surface area contributed by atoms with Crippen LogP contribution in [0.3, 0.4) is 0 Å². The molecule has 0 fully saturated rings. The predicted octanol–water partition coefficient (Wildman–Crippen LogP) is 2.88. The maximum absolute atomic E-state index is 12.4. The molecule has 1 atom stereocenters. The molecule has 0 saturated heterocycles. The van der Waals surface area contributed by atoms with E-state index >= 15 is 0 Å². The van der Waals surface area contributed by atoms with Crippen LogP contribution < -0.4 is 10.0 Å². The monoisotopic (exact) mass is 416 g/mol. The standard InChI is InChI=1S/C16H17ClN2O5S2/c1-3-18-15(20)10(2)24-16(21)11-6-4-5-7-12(11)19-26(22,23)14-9-8-13(17)25-14/h4-10,19H,3H2,1-2H3,(H,18,20)/t10-/m1/s1. The fourth-order valence-corrected chi connectivity index (χ4v) is 4.55. The maximum Gasteiger partial charge on any atom is 0.341 e. The molecule has 1 aromatic heterocycles. The lowest BCUT2D eigenvalue weighted by atomic mass is 10.2. The van der Waals surface area contributed by atoms with Crippen LogP contribution >= 0.6 is 22.9 Å². The van der Waals surface area contributed by atoms with Gasteiger partial charge in [0, 0.05) is 6.54 Å². The Kier molecular flexibility index (Phi) is 6.63. The zero-order valence-electron chi connectivity index (χ0n) is 14.0. The van der Waals surface area contributed by atoms with E-state index in [-0.39, 0.29) is 15.5 Å². The summed E-state index contributed by atoms with van der Waals surface area (Å²) < 4.78 is 32.7. The second-order valence-corrected chi connectivity index (χ2v) is 8.78. The summed E-state index contributed by atoms with van der Waals surface area (Å²) in [4.78, 5) is 24.1. The summed E-state index contributed by atoms with van der Waals surface area (Å²) in [6.07, 6.45) is -1.01. The van der Waals surface area contributed by atoms with Gasteiger partial charge in [0.2, 0.25) is 0 Å². The summed E-state index contributed by atoms with van der Waals surface area (Å²) in [6, 6.07) is 8.81. The molecule has 0 saturated carbocycles. The molecule has 0 aliphatic heterocycles. The number of nitrogens with one attached hydrogen (secondary N) is 2. The first-order chi connectivity index (χ1) is 12.2. The average Bonchev–Trinajstić information content (AvgIpc) is 3.02. The number of amides is 1. The Morgan fingerprint density at radius 1 is 1.23 bits per heavy atom. The molecular formula is C16H17ClN2O5S2. The number of para-hydroxylation sites is 1. The molecule has 0 bridgehead atoms. The smallest absolute Gasteiger partial charge is 0.341 e. The fourth-order valence-electron chi connectivity index (χ4n) is 1.98. The highest BCUT2D eigenvalue weighted by molar-refractivity contribution is 7.94. The molecule has 140 valence electrons. The summed E-state index contributed by atoms with van der Waals surface area (Å²) in [5.41, 5.74) is 0.0417. The van der Waals surface area contributed by atoms with Crippen molar-refractivity contribution in [1.29, 1.82) is 0 Å². The lowest BCUT2D eigenvalue weighted by Crippen LogP contribution is -2.35. The van der Waals surface area contributed by atoms with Crippen molar-refractivity contribution in [3.63, 3.8) is 0 Å². The number of rotatable bonds is 7. The Labute approximate surface area is 160 Å². The van der Waals surface area contributed by atoms with Crippen LogP contribution in [0.5, 0.6) is 0 Å². The van der Waals surface area contributed by atoms with Gasteiger partial charge in [-0.1, -0.05) is 23.7 Å². The molecule has 1 amide bonds. The third-order valence-corrected chi connectivity index (χ3v) is 6.30. The highest BCUT2D eigenvalue weighted by atomic mass is 35.5. The minimum Gasteiger partial charge on any atom is -0.449 e. The van der Waals surface area contributed by atoms with Crippen molar-refractivity contribution < 1.29 is 22.7 Å². The van der Waals surface area contributed by atoms with Crippen molar-refractivity contribution >= 4 is 50.5 Å². The summed E-state index contributed by atoms with van der Waals surface area (Å²) in [5.74, 6) is -1.25. The van der Waals surface area contributed by atoms with Crippen LogP contribution in [0.1, 0.15) is 24.2 Å². The second-order valence-electron chi connectivity index (χ2n) is 5.15. The Hall–Kier alpha value is -2.10. The average molecular weight is 417 g/mol. The minimum atomic E-state index is -3.90. The zero-order chi connectivity index (χ0) is 19.3. The zero-order valence-corrected chi connectivity index (χ0v) is 16.4. The van der Waals surface area contributed by atoms with Gasteiger partial charge < -0.3 is 10.1 Å². The van der Waals surface area contributed by atoms with E-state index in [0.717, 1.165) is 11.3 Å². The number of carbonyl (C=O) groups is 2. The summed E-state index contributed by atoms with van der Waals surface area (Å²) in [7, 11) is -3.90. The quantitative estimate of drug-likeness (QED) is 0.676. The first kappa shape index (κ1) is 20.2. The number of hydrogen-bond acceptors (Lipinski definition) is 6.